The number of hydrogen-bond acceptors (Lipinski definition) is 6. The fraction of sp³-hybridized carbons (Fsp3) is 0. The van der Waals surface area contributed by atoms with Gasteiger partial charge in [0.2, 0.25) is 5.88 Å². The smallest absolute Gasteiger partial charge is 0.248 e. The van der Waals surface area contributed by atoms with Gasteiger partial charge in [-0.3, -0.25) is 4.98 Å². The Bertz CT molecular complexity index is 739. The van der Waals surface area contributed by atoms with Gasteiger partial charge in [-0.05, 0) is 12.1 Å². The first-order valence-corrected chi connectivity index (χ1v) is 5.63. The summed E-state index contributed by atoms with van der Waals surface area (Å²) in [7, 11) is 0. The minimum absolute atomic E-state index is 0.193. The van der Waals surface area contributed by atoms with Gasteiger partial charge in [-0.1, -0.05) is 18.2 Å². The minimum atomic E-state index is 0.193. The van der Waals surface area contributed by atoms with Gasteiger partial charge in [0.25, 0.3) is 0 Å². The number of hydrogen-bond donors (Lipinski definition) is 2. The van der Waals surface area contributed by atoms with Crippen LogP contribution in [0.15, 0.2) is 42.9 Å². The average molecular weight is 253 g/mol. The van der Waals surface area contributed by atoms with E-state index in [1.165, 1.54) is 6.33 Å². The normalized spacial score (nSPS) is 10.5. The first kappa shape index (κ1) is 11.2. The summed E-state index contributed by atoms with van der Waals surface area (Å²) in [4.78, 5) is 12.1. The molecule has 3 rings (SSSR count). The van der Waals surface area contributed by atoms with Crippen LogP contribution >= 0.6 is 0 Å². The Hall–Kier alpha value is -2.89. The summed E-state index contributed by atoms with van der Waals surface area (Å²) in [5.74, 6) is 0.992. The number of nitrogens with zero attached hydrogens (tertiary/aromatic N) is 3. The summed E-state index contributed by atoms with van der Waals surface area (Å²) >= 11 is 0. The van der Waals surface area contributed by atoms with E-state index in [1.54, 1.807) is 12.3 Å². The molecule has 6 nitrogen and oxygen atoms in total. The lowest BCUT2D eigenvalue weighted by Gasteiger charge is -2.09. The Balaban J connectivity index is 2.09. The van der Waals surface area contributed by atoms with Crippen molar-refractivity contribution in [2.75, 3.05) is 11.5 Å². The molecule has 0 saturated carbocycles. The SMILES string of the molecule is Nc1ncnc(Oc2cccc3cccnc23)c1N. The zero-order valence-electron chi connectivity index (χ0n) is 9.95. The molecule has 4 N–H and O–H groups in total. The number of pyridine rings is 1. The maximum Gasteiger partial charge on any atom is 0.248 e. The van der Waals surface area contributed by atoms with Gasteiger partial charge in [-0.25, -0.2) is 4.98 Å². The Morgan fingerprint density at radius 3 is 2.68 bits per heavy atom. The molecule has 0 aliphatic heterocycles. The standard InChI is InChI=1S/C13H11N5O/c14-10-12(15)17-7-18-13(10)19-9-5-1-3-8-4-2-6-16-11(8)9/h1-7H,14H2,(H2,15,17,18). The number of para-hydroxylation sites is 1. The van der Waals surface area contributed by atoms with E-state index < -0.39 is 0 Å². The lowest BCUT2D eigenvalue weighted by Crippen LogP contribution is -2.02. The molecule has 0 fully saturated rings. The van der Waals surface area contributed by atoms with Crippen LogP contribution in [0.4, 0.5) is 11.5 Å². The Morgan fingerprint density at radius 2 is 1.79 bits per heavy atom. The number of ether oxygens (including phenoxy) is 1. The fourth-order valence-electron chi connectivity index (χ4n) is 1.74. The van der Waals surface area contributed by atoms with E-state index >= 15 is 0 Å². The van der Waals surface area contributed by atoms with Gasteiger partial charge in [-0.15, -0.1) is 0 Å². The summed E-state index contributed by atoms with van der Waals surface area (Å²) in [6.45, 7) is 0. The molecule has 2 heterocycles. The number of nitrogens with two attached hydrogens (primary N) is 2. The zero-order valence-corrected chi connectivity index (χ0v) is 9.95. The third kappa shape index (κ3) is 1.99. The zero-order chi connectivity index (χ0) is 13.2. The number of benzene rings is 1. The molecular formula is C13H11N5O. The maximum absolute atomic E-state index is 5.78. The molecule has 0 amide bonds. The molecule has 0 radical (unpaired) electrons. The van der Waals surface area contributed by atoms with E-state index in [9.17, 15) is 0 Å². The lowest BCUT2D eigenvalue weighted by atomic mass is 10.2. The molecule has 0 atom stereocenters. The van der Waals surface area contributed by atoms with Crippen LogP contribution in [0.2, 0.25) is 0 Å². The first-order chi connectivity index (χ1) is 9.25. The van der Waals surface area contributed by atoms with Crippen LogP contribution in [-0.4, -0.2) is 15.0 Å². The lowest BCUT2D eigenvalue weighted by molar-refractivity contribution is 0.469. The highest BCUT2D eigenvalue weighted by atomic mass is 16.5. The van der Waals surface area contributed by atoms with Crippen molar-refractivity contribution in [1.29, 1.82) is 0 Å². The molecule has 2 aromatic heterocycles. The van der Waals surface area contributed by atoms with Gasteiger partial charge in [0.15, 0.2) is 11.6 Å². The van der Waals surface area contributed by atoms with Gasteiger partial charge in [0.05, 0.1) is 0 Å². The van der Waals surface area contributed by atoms with E-state index in [0.717, 1.165) is 10.9 Å². The Kier molecular flexibility index (Phi) is 2.60. The number of nitrogen functional groups attached to an aromatic ring is 2. The molecule has 0 aliphatic rings. The molecule has 3 aromatic rings. The van der Waals surface area contributed by atoms with Gasteiger partial charge < -0.3 is 16.2 Å². The second-order valence-corrected chi connectivity index (χ2v) is 3.91. The van der Waals surface area contributed by atoms with Crippen molar-refractivity contribution in [3.63, 3.8) is 0 Å². The number of fused-ring (bicyclic) bond motifs is 1. The van der Waals surface area contributed by atoms with Crippen molar-refractivity contribution in [2.45, 2.75) is 0 Å². The van der Waals surface area contributed by atoms with Crippen LogP contribution in [0.25, 0.3) is 10.9 Å². The van der Waals surface area contributed by atoms with Gasteiger partial charge in [0.1, 0.15) is 17.5 Å². The number of anilines is 2. The Labute approximate surface area is 109 Å². The van der Waals surface area contributed by atoms with E-state index in [1.807, 2.05) is 24.3 Å². The van der Waals surface area contributed by atoms with E-state index in [-0.39, 0.29) is 17.4 Å². The minimum Gasteiger partial charge on any atom is -0.435 e. The molecule has 0 unspecified atom stereocenters. The van der Waals surface area contributed by atoms with Crippen molar-refractivity contribution >= 4 is 22.4 Å². The quantitative estimate of drug-likeness (QED) is 0.724. The summed E-state index contributed by atoms with van der Waals surface area (Å²) in [5.41, 5.74) is 12.3. The second kappa shape index (κ2) is 4.41. The van der Waals surface area contributed by atoms with Crippen LogP contribution in [0, 0.1) is 0 Å². The van der Waals surface area contributed by atoms with Crippen molar-refractivity contribution in [3.8, 4) is 11.6 Å². The van der Waals surface area contributed by atoms with Crippen LogP contribution in [-0.2, 0) is 0 Å². The molecule has 0 saturated heterocycles. The van der Waals surface area contributed by atoms with Crippen molar-refractivity contribution < 1.29 is 4.74 Å². The van der Waals surface area contributed by atoms with Gasteiger partial charge >= 0.3 is 0 Å². The molecule has 6 heteroatoms. The monoisotopic (exact) mass is 253 g/mol. The largest absolute Gasteiger partial charge is 0.435 e. The van der Waals surface area contributed by atoms with Crippen molar-refractivity contribution in [1.82, 2.24) is 15.0 Å². The summed E-state index contributed by atoms with van der Waals surface area (Å²) < 4.78 is 5.68. The molecule has 1 aromatic carbocycles. The molecule has 0 bridgehead atoms. The van der Waals surface area contributed by atoms with Crippen molar-refractivity contribution in [3.05, 3.63) is 42.9 Å². The van der Waals surface area contributed by atoms with Crippen LogP contribution in [0.1, 0.15) is 0 Å². The van der Waals surface area contributed by atoms with E-state index in [0.29, 0.717) is 5.75 Å². The van der Waals surface area contributed by atoms with Gasteiger partial charge in [-0.2, -0.15) is 4.98 Å². The molecular weight excluding hydrogens is 242 g/mol. The highest BCUT2D eigenvalue weighted by molar-refractivity contribution is 5.84. The first-order valence-electron chi connectivity index (χ1n) is 5.63. The highest BCUT2D eigenvalue weighted by Crippen LogP contribution is 2.31. The molecule has 0 aliphatic carbocycles. The van der Waals surface area contributed by atoms with Crippen LogP contribution in [0.5, 0.6) is 11.6 Å². The van der Waals surface area contributed by atoms with E-state index in [4.69, 9.17) is 16.2 Å². The second-order valence-electron chi connectivity index (χ2n) is 3.91. The van der Waals surface area contributed by atoms with Crippen LogP contribution < -0.4 is 16.2 Å². The third-order valence-electron chi connectivity index (χ3n) is 2.68. The van der Waals surface area contributed by atoms with Crippen LogP contribution in [0.3, 0.4) is 0 Å². The maximum atomic E-state index is 5.78. The predicted molar refractivity (Wildman–Crippen MR) is 72.7 cm³/mol. The summed E-state index contributed by atoms with van der Waals surface area (Å²) in [5, 5.41) is 0.973. The molecule has 0 spiro atoms. The fourth-order valence-corrected chi connectivity index (χ4v) is 1.74. The molecule has 19 heavy (non-hydrogen) atoms. The number of aromatic nitrogens is 3. The predicted octanol–water partition coefficient (Wildman–Crippen LogP) is 1.98. The number of rotatable bonds is 2. The third-order valence-corrected chi connectivity index (χ3v) is 2.68. The van der Waals surface area contributed by atoms with E-state index in [2.05, 4.69) is 15.0 Å². The highest BCUT2D eigenvalue weighted by Gasteiger charge is 2.10. The Morgan fingerprint density at radius 1 is 0.947 bits per heavy atom. The van der Waals surface area contributed by atoms with Crippen molar-refractivity contribution in [2.24, 2.45) is 0 Å². The van der Waals surface area contributed by atoms with Gasteiger partial charge in [0, 0.05) is 11.6 Å². The average Bonchev–Trinajstić information content (AvgIpc) is 2.44. The summed E-state index contributed by atoms with van der Waals surface area (Å²) in [6.07, 6.45) is 3.01. The topological polar surface area (TPSA) is 99.9 Å². The summed E-state index contributed by atoms with van der Waals surface area (Å²) in [6, 6.07) is 9.44. The molecule has 94 valence electrons.